The van der Waals surface area contributed by atoms with Crippen molar-refractivity contribution >= 4 is 11.4 Å². The first-order valence-electron chi connectivity index (χ1n) is 7.41. The summed E-state index contributed by atoms with van der Waals surface area (Å²) < 4.78 is 0. The summed E-state index contributed by atoms with van der Waals surface area (Å²) in [6.45, 7) is 2.15. The first kappa shape index (κ1) is 14.2. The molecule has 0 spiro atoms. The Morgan fingerprint density at radius 2 is 1.09 bits per heavy atom. The fourth-order valence-corrected chi connectivity index (χ4v) is 2.84. The summed E-state index contributed by atoms with van der Waals surface area (Å²) in [5, 5.41) is 0. The normalized spacial score (nSPS) is 10.8. The number of hydrogen-bond donors (Lipinski definition) is 2. The summed E-state index contributed by atoms with van der Waals surface area (Å²) in [5.74, 6) is 0.183. The van der Waals surface area contributed by atoms with E-state index in [4.69, 9.17) is 11.5 Å². The highest BCUT2D eigenvalue weighted by atomic mass is 14.5. The van der Waals surface area contributed by atoms with E-state index in [1.807, 2.05) is 24.3 Å². The average molecular weight is 288 g/mol. The highest BCUT2D eigenvalue weighted by Gasteiger charge is 2.18. The number of aryl methyl sites for hydroxylation is 1. The van der Waals surface area contributed by atoms with Crippen molar-refractivity contribution in [3.63, 3.8) is 0 Å². The molecular weight excluding hydrogens is 268 g/mol. The fraction of sp³-hybridized carbons (Fsp3) is 0.100. The molecule has 3 rings (SSSR count). The van der Waals surface area contributed by atoms with Gasteiger partial charge in [-0.15, -0.1) is 0 Å². The number of nitrogens with two attached hydrogens (primary N) is 2. The molecule has 110 valence electrons. The zero-order valence-corrected chi connectivity index (χ0v) is 12.7. The summed E-state index contributed by atoms with van der Waals surface area (Å²) in [5.41, 5.74) is 18.3. The van der Waals surface area contributed by atoms with Gasteiger partial charge in [0.05, 0.1) is 0 Å². The average Bonchev–Trinajstić information content (AvgIpc) is 2.53. The van der Waals surface area contributed by atoms with E-state index < -0.39 is 0 Å². The third-order valence-electron chi connectivity index (χ3n) is 4.04. The Morgan fingerprint density at radius 3 is 1.55 bits per heavy atom. The van der Waals surface area contributed by atoms with Gasteiger partial charge in [0.25, 0.3) is 0 Å². The molecule has 0 radical (unpaired) electrons. The van der Waals surface area contributed by atoms with Gasteiger partial charge in [-0.1, -0.05) is 48.5 Å². The maximum absolute atomic E-state index is 5.84. The van der Waals surface area contributed by atoms with Crippen molar-refractivity contribution in [1.29, 1.82) is 0 Å². The van der Waals surface area contributed by atoms with Gasteiger partial charge in [-0.3, -0.25) is 0 Å². The molecule has 4 N–H and O–H groups in total. The number of hydrogen-bond acceptors (Lipinski definition) is 2. The molecule has 0 aliphatic heterocycles. The molecule has 2 heteroatoms. The monoisotopic (exact) mass is 288 g/mol. The van der Waals surface area contributed by atoms with Gasteiger partial charge >= 0.3 is 0 Å². The van der Waals surface area contributed by atoms with E-state index in [9.17, 15) is 0 Å². The van der Waals surface area contributed by atoms with Crippen molar-refractivity contribution in [2.24, 2.45) is 0 Å². The Labute approximate surface area is 131 Å². The lowest BCUT2D eigenvalue weighted by Gasteiger charge is -2.21. The van der Waals surface area contributed by atoms with Crippen molar-refractivity contribution in [3.8, 4) is 0 Å². The largest absolute Gasteiger partial charge is 0.399 e. The zero-order chi connectivity index (χ0) is 15.5. The van der Waals surface area contributed by atoms with Crippen LogP contribution in [-0.2, 0) is 0 Å². The molecule has 0 heterocycles. The van der Waals surface area contributed by atoms with Gasteiger partial charge in [0.15, 0.2) is 0 Å². The molecular formula is C20H20N2. The first-order valence-corrected chi connectivity index (χ1v) is 7.41. The second kappa shape index (κ2) is 5.94. The lowest BCUT2D eigenvalue weighted by Crippen LogP contribution is -2.05. The maximum Gasteiger partial charge on any atom is 0.0342 e. The minimum absolute atomic E-state index is 0.183. The van der Waals surface area contributed by atoms with Gasteiger partial charge < -0.3 is 11.5 Å². The lowest BCUT2D eigenvalue weighted by molar-refractivity contribution is 0.963. The van der Waals surface area contributed by atoms with Crippen LogP contribution in [0.3, 0.4) is 0 Å². The van der Waals surface area contributed by atoms with Gasteiger partial charge in [-0.05, 0) is 53.4 Å². The van der Waals surface area contributed by atoms with Crippen LogP contribution >= 0.6 is 0 Å². The maximum atomic E-state index is 5.84. The Morgan fingerprint density at radius 1 is 0.636 bits per heavy atom. The molecule has 0 unspecified atom stereocenters. The van der Waals surface area contributed by atoms with E-state index in [1.165, 1.54) is 22.3 Å². The van der Waals surface area contributed by atoms with Gasteiger partial charge in [0.1, 0.15) is 0 Å². The molecule has 22 heavy (non-hydrogen) atoms. The molecule has 0 aromatic heterocycles. The molecule has 0 amide bonds. The standard InChI is InChI=1S/C20H20N2/c1-14-4-2-3-5-19(14)20(15-6-10-17(21)11-7-15)16-8-12-18(22)13-9-16/h2-13,20H,21-22H2,1H3. The van der Waals surface area contributed by atoms with Crippen LogP contribution < -0.4 is 11.5 Å². The topological polar surface area (TPSA) is 52.0 Å². The van der Waals surface area contributed by atoms with Gasteiger partial charge in [-0.25, -0.2) is 0 Å². The summed E-state index contributed by atoms with van der Waals surface area (Å²) in [6, 6.07) is 24.7. The first-order chi connectivity index (χ1) is 10.6. The van der Waals surface area contributed by atoms with Crippen molar-refractivity contribution in [3.05, 3.63) is 95.1 Å². The summed E-state index contributed by atoms with van der Waals surface area (Å²) >= 11 is 0. The molecule has 0 aliphatic carbocycles. The summed E-state index contributed by atoms with van der Waals surface area (Å²) in [4.78, 5) is 0. The van der Waals surface area contributed by atoms with Crippen molar-refractivity contribution in [2.75, 3.05) is 11.5 Å². The van der Waals surface area contributed by atoms with Crippen LogP contribution in [0, 0.1) is 6.92 Å². The number of rotatable bonds is 3. The Balaban J connectivity index is 2.16. The second-order valence-electron chi connectivity index (χ2n) is 5.62. The molecule has 3 aromatic carbocycles. The zero-order valence-electron chi connectivity index (χ0n) is 12.7. The Hall–Kier alpha value is -2.74. The molecule has 0 aliphatic rings. The third-order valence-corrected chi connectivity index (χ3v) is 4.04. The fourth-order valence-electron chi connectivity index (χ4n) is 2.84. The molecule has 0 atom stereocenters. The Kier molecular flexibility index (Phi) is 3.84. The van der Waals surface area contributed by atoms with E-state index >= 15 is 0 Å². The second-order valence-corrected chi connectivity index (χ2v) is 5.62. The van der Waals surface area contributed by atoms with E-state index in [1.54, 1.807) is 0 Å². The van der Waals surface area contributed by atoms with Gasteiger partial charge in [0.2, 0.25) is 0 Å². The molecule has 0 saturated carbocycles. The van der Waals surface area contributed by atoms with Crippen LogP contribution in [0.15, 0.2) is 72.8 Å². The predicted molar refractivity (Wildman–Crippen MR) is 93.8 cm³/mol. The van der Waals surface area contributed by atoms with Crippen molar-refractivity contribution in [1.82, 2.24) is 0 Å². The lowest BCUT2D eigenvalue weighted by atomic mass is 9.83. The van der Waals surface area contributed by atoms with Crippen LogP contribution in [0.25, 0.3) is 0 Å². The Bertz CT molecular complexity index is 713. The minimum atomic E-state index is 0.183. The van der Waals surface area contributed by atoms with Crippen LogP contribution in [0.1, 0.15) is 28.2 Å². The van der Waals surface area contributed by atoms with Crippen molar-refractivity contribution < 1.29 is 0 Å². The number of benzene rings is 3. The summed E-state index contributed by atoms with van der Waals surface area (Å²) in [6.07, 6.45) is 0. The van der Waals surface area contributed by atoms with E-state index in [2.05, 4.69) is 55.5 Å². The predicted octanol–water partition coefficient (Wildman–Crippen LogP) is 4.34. The molecule has 0 saturated heterocycles. The quantitative estimate of drug-likeness (QED) is 0.556. The highest BCUT2D eigenvalue weighted by Crippen LogP contribution is 2.34. The van der Waals surface area contributed by atoms with Gasteiger partial charge in [0, 0.05) is 17.3 Å². The number of nitrogen functional groups attached to an aromatic ring is 2. The van der Waals surface area contributed by atoms with Crippen LogP contribution in [-0.4, -0.2) is 0 Å². The minimum Gasteiger partial charge on any atom is -0.399 e. The number of anilines is 2. The van der Waals surface area contributed by atoms with E-state index in [0.29, 0.717) is 0 Å². The SMILES string of the molecule is Cc1ccccc1C(c1ccc(N)cc1)c1ccc(N)cc1. The summed E-state index contributed by atoms with van der Waals surface area (Å²) in [7, 11) is 0. The van der Waals surface area contributed by atoms with Gasteiger partial charge in [-0.2, -0.15) is 0 Å². The molecule has 0 bridgehead atoms. The smallest absolute Gasteiger partial charge is 0.0342 e. The van der Waals surface area contributed by atoms with Crippen molar-refractivity contribution in [2.45, 2.75) is 12.8 Å². The molecule has 0 fully saturated rings. The van der Waals surface area contributed by atoms with Crippen LogP contribution in [0.2, 0.25) is 0 Å². The van der Waals surface area contributed by atoms with Crippen LogP contribution in [0.5, 0.6) is 0 Å². The highest BCUT2D eigenvalue weighted by molar-refractivity contribution is 5.51. The van der Waals surface area contributed by atoms with E-state index in [0.717, 1.165) is 11.4 Å². The van der Waals surface area contributed by atoms with Crippen LogP contribution in [0.4, 0.5) is 11.4 Å². The van der Waals surface area contributed by atoms with E-state index in [-0.39, 0.29) is 5.92 Å². The molecule has 2 nitrogen and oxygen atoms in total. The third kappa shape index (κ3) is 2.82. The molecule has 3 aromatic rings.